The zero-order chi connectivity index (χ0) is 14.1. The van der Waals surface area contributed by atoms with Crippen molar-refractivity contribution in [2.75, 3.05) is 11.4 Å². The first-order chi connectivity index (χ1) is 8.11. The van der Waals surface area contributed by atoms with Crippen LogP contribution in [-0.2, 0) is 0 Å². The molecule has 0 aromatic heterocycles. The first kappa shape index (κ1) is 14.6. The van der Waals surface area contributed by atoms with E-state index in [1.807, 2.05) is 0 Å². The minimum Gasteiger partial charge on any atom is -0.303 e. The number of alkyl halides is 5. The largest absolute Gasteiger partial charge is 0.475 e. The lowest BCUT2D eigenvalue weighted by Gasteiger charge is -2.33. The summed E-state index contributed by atoms with van der Waals surface area (Å²) < 4.78 is 88.8. The molecule has 0 aliphatic rings. The summed E-state index contributed by atoms with van der Waals surface area (Å²) in [4.78, 5) is -0.536. The molecule has 0 N–H and O–H groups in total. The van der Waals surface area contributed by atoms with Crippen LogP contribution in [0.2, 0.25) is 0 Å². The Kier molecular flexibility index (Phi) is 3.78. The van der Waals surface area contributed by atoms with Crippen LogP contribution in [0.5, 0.6) is 0 Å². The van der Waals surface area contributed by atoms with Gasteiger partial charge in [0.25, 0.3) is 0 Å². The van der Waals surface area contributed by atoms with E-state index < -0.39 is 41.0 Å². The average Bonchev–Trinajstić information content (AvgIpc) is 2.22. The van der Waals surface area contributed by atoms with Crippen molar-refractivity contribution < 1.29 is 30.7 Å². The highest BCUT2D eigenvalue weighted by molar-refractivity contribution is 5.49. The van der Waals surface area contributed by atoms with Gasteiger partial charge in [0.1, 0.15) is 11.6 Å². The van der Waals surface area contributed by atoms with E-state index in [9.17, 15) is 30.7 Å². The molecule has 0 heterocycles. The Morgan fingerprint density at radius 2 is 1.61 bits per heavy atom. The Labute approximate surface area is 97.8 Å². The van der Waals surface area contributed by atoms with Gasteiger partial charge in [-0.15, -0.1) is 0 Å². The van der Waals surface area contributed by atoms with Crippen LogP contribution >= 0.6 is 0 Å². The molecule has 1 aromatic rings. The number of benzene rings is 1. The van der Waals surface area contributed by atoms with E-state index in [2.05, 4.69) is 0 Å². The molecule has 1 rings (SSSR count). The number of halogens is 7. The lowest BCUT2D eigenvalue weighted by molar-refractivity contribution is -0.281. The van der Waals surface area contributed by atoms with Crippen LogP contribution in [0.25, 0.3) is 0 Å². The van der Waals surface area contributed by atoms with Crippen LogP contribution < -0.4 is 4.90 Å². The molecule has 0 spiro atoms. The van der Waals surface area contributed by atoms with E-state index in [0.717, 1.165) is 6.92 Å². The Morgan fingerprint density at radius 1 is 1.06 bits per heavy atom. The molecule has 1 aromatic carbocycles. The highest BCUT2D eigenvalue weighted by Crippen LogP contribution is 2.41. The smallest absolute Gasteiger partial charge is 0.303 e. The molecule has 0 aliphatic carbocycles. The van der Waals surface area contributed by atoms with Gasteiger partial charge in [0.15, 0.2) is 0 Å². The Bertz CT molecular complexity index is 427. The lowest BCUT2D eigenvalue weighted by atomic mass is 10.2. The quantitative estimate of drug-likeness (QED) is 0.596. The summed E-state index contributed by atoms with van der Waals surface area (Å²) >= 11 is 0. The van der Waals surface area contributed by atoms with E-state index in [1.165, 1.54) is 0 Å². The third-order valence-electron chi connectivity index (χ3n) is 2.20. The zero-order valence-electron chi connectivity index (χ0n) is 9.03. The fourth-order valence-corrected chi connectivity index (χ4v) is 1.37. The molecular formula is C10H8F7N. The van der Waals surface area contributed by atoms with Gasteiger partial charge in [-0.2, -0.15) is 22.0 Å². The molecule has 0 saturated heterocycles. The Morgan fingerprint density at radius 3 is 2.06 bits per heavy atom. The van der Waals surface area contributed by atoms with Crippen LogP contribution in [0, 0.1) is 11.6 Å². The van der Waals surface area contributed by atoms with E-state index in [4.69, 9.17) is 0 Å². The van der Waals surface area contributed by atoms with Crippen molar-refractivity contribution in [3.05, 3.63) is 29.8 Å². The van der Waals surface area contributed by atoms with E-state index in [0.29, 0.717) is 18.2 Å². The minimum absolute atomic E-state index is 0.290. The summed E-state index contributed by atoms with van der Waals surface area (Å²) in [5, 5.41) is 0. The number of nitrogens with zero attached hydrogens (tertiary/aromatic N) is 1. The van der Waals surface area contributed by atoms with Crippen molar-refractivity contribution in [2.45, 2.75) is 19.1 Å². The normalized spacial score (nSPS) is 12.7. The molecular weight excluding hydrogens is 267 g/mol. The van der Waals surface area contributed by atoms with Gasteiger partial charge in [-0.05, 0) is 19.1 Å². The molecule has 0 fully saturated rings. The predicted molar refractivity (Wildman–Crippen MR) is 50.4 cm³/mol. The number of anilines is 1. The molecule has 0 unspecified atom stereocenters. The number of rotatable bonds is 3. The maximum absolute atomic E-state index is 13.2. The summed E-state index contributed by atoms with van der Waals surface area (Å²) in [6.45, 7) is 0.136. The van der Waals surface area contributed by atoms with Gasteiger partial charge in [0.2, 0.25) is 0 Å². The molecule has 1 nitrogen and oxygen atoms in total. The van der Waals surface area contributed by atoms with Crippen molar-refractivity contribution in [2.24, 2.45) is 0 Å². The van der Waals surface area contributed by atoms with Gasteiger partial charge in [0, 0.05) is 12.6 Å². The summed E-state index contributed by atoms with van der Waals surface area (Å²) in [7, 11) is 0. The van der Waals surface area contributed by atoms with E-state index >= 15 is 0 Å². The van der Waals surface area contributed by atoms with Crippen LogP contribution in [0.15, 0.2) is 18.2 Å². The van der Waals surface area contributed by atoms with Crippen molar-refractivity contribution in [3.63, 3.8) is 0 Å². The van der Waals surface area contributed by atoms with Crippen LogP contribution in [0.1, 0.15) is 6.92 Å². The molecule has 0 saturated carbocycles. The third kappa shape index (κ3) is 2.51. The number of hydrogen-bond donors (Lipinski definition) is 0. The van der Waals surface area contributed by atoms with Crippen molar-refractivity contribution in [1.29, 1.82) is 0 Å². The number of hydrogen-bond acceptors (Lipinski definition) is 1. The Hall–Kier alpha value is -1.47. The van der Waals surface area contributed by atoms with Gasteiger partial charge >= 0.3 is 12.2 Å². The molecule has 0 amide bonds. The van der Waals surface area contributed by atoms with Gasteiger partial charge in [-0.1, -0.05) is 0 Å². The van der Waals surface area contributed by atoms with Crippen molar-refractivity contribution >= 4 is 5.69 Å². The highest BCUT2D eigenvalue weighted by Gasteiger charge is 2.62. The van der Waals surface area contributed by atoms with Gasteiger partial charge in [0.05, 0.1) is 5.69 Å². The zero-order valence-corrected chi connectivity index (χ0v) is 9.03. The topological polar surface area (TPSA) is 3.24 Å². The van der Waals surface area contributed by atoms with E-state index in [-0.39, 0.29) is 0 Å². The molecule has 0 aliphatic heterocycles. The first-order valence-electron chi connectivity index (χ1n) is 4.78. The summed E-state index contributed by atoms with van der Waals surface area (Å²) in [5.74, 6) is -2.47. The van der Waals surface area contributed by atoms with Crippen molar-refractivity contribution in [1.82, 2.24) is 0 Å². The predicted octanol–water partition coefficient (Wildman–Crippen LogP) is 3.95. The van der Waals surface area contributed by atoms with Gasteiger partial charge < -0.3 is 4.90 Å². The second-order valence-corrected chi connectivity index (χ2v) is 3.38. The molecule has 0 radical (unpaired) electrons. The van der Waals surface area contributed by atoms with Crippen LogP contribution in [0.4, 0.5) is 36.4 Å². The summed E-state index contributed by atoms with van der Waals surface area (Å²) in [6.07, 6.45) is -5.89. The van der Waals surface area contributed by atoms with Gasteiger partial charge in [-0.3, -0.25) is 0 Å². The monoisotopic (exact) mass is 275 g/mol. The second kappa shape index (κ2) is 4.66. The molecule has 18 heavy (non-hydrogen) atoms. The third-order valence-corrected chi connectivity index (χ3v) is 2.20. The highest BCUT2D eigenvalue weighted by atomic mass is 19.4. The summed E-state index contributed by atoms with van der Waals surface area (Å²) in [6, 6.07) is -3.88. The van der Waals surface area contributed by atoms with Crippen LogP contribution in [0.3, 0.4) is 0 Å². The fourth-order valence-electron chi connectivity index (χ4n) is 1.37. The standard InChI is InChI=1S/C10H8F7N/c1-2-18(10(16,17)9(13,14)15)8-5-6(11)3-4-7(8)12/h3-5H,2H2,1H3. The second-order valence-electron chi connectivity index (χ2n) is 3.38. The maximum Gasteiger partial charge on any atom is 0.475 e. The van der Waals surface area contributed by atoms with E-state index in [1.54, 1.807) is 0 Å². The first-order valence-corrected chi connectivity index (χ1v) is 4.78. The average molecular weight is 275 g/mol. The maximum atomic E-state index is 13.2. The minimum atomic E-state index is -5.89. The molecule has 8 heteroatoms. The summed E-state index contributed by atoms with van der Waals surface area (Å²) in [5.41, 5.74) is -1.14. The van der Waals surface area contributed by atoms with Gasteiger partial charge in [-0.25, -0.2) is 8.78 Å². The fraction of sp³-hybridized carbons (Fsp3) is 0.400. The SMILES string of the molecule is CCN(c1cc(F)ccc1F)C(F)(F)C(F)(F)F. The molecule has 0 atom stereocenters. The Balaban J connectivity index is 3.30. The molecule has 102 valence electrons. The molecule has 0 bridgehead atoms. The van der Waals surface area contributed by atoms with Crippen LogP contribution in [-0.4, -0.2) is 18.8 Å². The lowest BCUT2D eigenvalue weighted by Crippen LogP contribution is -2.53. The van der Waals surface area contributed by atoms with Crippen molar-refractivity contribution in [3.8, 4) is 0 Å².